The van der Waals surface area contributed by atoms with Gasteiger partial charge in [-0.05, 0) is 49.9 Å². The van der Waals surface area contributed by atoms with Gasteiger partial charge in [-0.15, -0.1) is 0 Å². The lowest BCUT2D eigenvalue weighted by Crippen LogP contribution is -2.56. The Hall–Kier alpha value is -3.40. The van der Waals surface area contributed by atoms with Crippen LogP contribution in [0.1, 0.15) is 73.0 Å². The number of methoxy groups -OCH3 is 1. The molecule has 1 aliphatic heterocycles. The molecular weight excluding hydrogens is 472 g/mol. The maximum Gasteiger partial charge on any atom is 0.274 e. The lowest BCUT2D eigenvalue weighted by molar-refractivity contribution is -0.129. The summed E-state index contributed by atoms with van der Waals surface area (Å²) in [6.07, 6.45) is 2.13. The number of carbonyl (C=O) groups is 3. The highest BCUT2D eigenvalue weighted by Crippen LogP contribution is 2.26. The summed E-state index contributed by atoms with van der Waals surface area (Å²) in [5, 5.41) is 7.62. The van der Waals surface area contributed by atoms with Crippen molar-refractivity contribution >= 4 is 17.7 Å². The minimum absolute atomic E-state index is 0.0391. The minimum Gasteiger partial charge on any atom is -0.497 e. The van der Waals surface area contributed by atoms with Gasteiger partial charge in [0.25, 0.3) is 17.7 Å². The molecule has 1 unspecified atom stereocenters. The first-order chi connectivity index (χ1) is 17.5. The Kier molecular flexibility index (Phi) is 7.59. The highest BCUT2D eigenvalue weighted by molar-refractivity contribution is 6.01. The van der Waals surface area contributed by atoms with Crippen LogP contribution in [-0.4, -0.2) is 75.8 Å². The predicted molar refractivity (Wildman–Crippen MR) is 139 cm³/mol. The average molecular weight is 511 g/mol. The van der Waals surface area contributed by atoms with E-state index in [1.54, 1.807) is 42.1 Å². The fourth-order valence-corrected chi connectivity index (χ4v) is 4.98. The molecule has 3 amide bonds. The first-order valence-corrected chi connectivity index (χ1v) is 12.9. The van der Waals surface area contributed by atoms with Gasteiger partial charge in [0.1, 0.15) is 11.4 Å². The average Bonchev–Trinajstić information content (AvgIpc) is 3.49. The minimum atomic E-state index is -1.07. The summed E-state index contributed by atoms with van der Waals surface area (Å²) >= 11 is 0. The molecule has 4 rings (SSSR count). The van der Waals surface area contributed by atoms with Crippen LogP contribution in [0.25, 0.3) is 0 Å². The zero-order valence-corrected chi connectivity index (χ0v) is 22.4. The van der Waals surface area contributed by atoms with E-state index in [1.165, 1.54) is 16.9 Å². The van der Waals surface area contributed by atoms with Crippen LogP contribution in [0.3, 0.4) is 0 Å². The molecule has 2 aliphatic rings. The number of rotatable bonds is 5. The van der Waals surface area contributed by atoms with Crippen molar-refractivity contribution in [2.75, 3.05) is 20.2 Å². The van der Waals surface area contributed by atoms with Crippen molar-refractivity contribution in [3.05, 3.63) is 47.3 Å². The molecule has 1 saturated carbocycles. The molecule has 1 atom stereocenters. The maximum atomic E-state index is 13.8. The van der Waals surface area contributed by atoms with Gasteiger partial charge in [-0.3, -0.25) is 19.1 Å². The second-order valence-electron chi connectivity index (χ2n) is 11.0. The Labute approximate surface area is 218 Å². The van der Waals surface area contributed by atoms with Gasteiger partial charge >= 0.3 is 0 Å². The van der Waals surface area contributed by atoms with E-state index in [1.807, 2.05) is 20.8 Å². The first kappa shape index (κ1) is 26.7. The molecule has 0 bridgehead atoms. The summed E-state index contributed by atoms with van der Waals surface area (Å²) < 4.78 is 6.83. The van der Waals surface area contributed by atoms with Gasteiger partial charge in [-0.2, -0.15) is 5.10 Å². The number of benzene rings is 1. The Morgan fingerprint density at radius 2 is 1.68 bits per heavy atom. The number of hydrogen-bond acceptors (Lipinski definition) is 6. The third kappa shape index (κ3) is 5.64. The number of aromatic nitrogens is 2. The molecule has 200 valence electrons. The van der Waals surface area contributed by atoms with Crippen molar-refractivity contribution in [3.63, 3.8) is 0 Å². The van der Waals surface area contributed by atoms with Crippen molar-refractivity contribution in [1.82, 2.24) is 24.9 Å². The molecule has 1 aromatic carbocycles. The van der Waals surface area contributed by atoms with Gasteiger partial charge in [0, 0.05) is 43.2 Å². The third-order valence-electron chi connectivity index (χ3n) is 7.23. The quantitative estimate of drug-likeness (QED) is 0.635. The molecule has 1 saturated heterocycles. The van der Waals surface area contributed by atoms with Crippen LogP contribution in [0.2, 0.25) is 0 Å². The van der Waals surface area contributed by atoms with E-state index in [9.17, 15) is 14.4 Å². The van der Waals surface area contributed by atoms with Crippen molar-refractivity contribution < 1.29 is 19.1 Å². The lowest BCUT2D eigenvalue weighted by atomic mass is 9.92. The van der Waals surface area contributed by atoms with Gasteiger partial charge < -0.3 is 25.6 Å². The Morgan fingerprint density at radius 1 is 1.03 bits per heavy atom. The van der Waals surface area contributed by atoms with Crippen LogP contribution >= 0.6 is 0 Å². The Morgan fingerprint density at radius 3 is 2.27 bits per heavy atom. The molecule has 1 aromatic heterocycles. The topological polar surface area (TPSA) is 123 Å². The standard InChI is InChI=1S/C27H38N6O4/c1-27(2,3)22-16-21(31(4)30-22)26(36)33-14-13-32(25(35)17-7-6-8-20(15-17)37-5)24(33)23(34)29-19-11-9-18(28)10-12-19/h6-8,15-16,18-19,24H,9-14,28H2,1-5H3,(H,29,34). The number of nitrogens with zero attached hydrogens (tertiary/aromatic N) is 4. The number of nitrogens with one attached hydrogen (secondary N) is 1. The predicted octanol–water partition coefficient (Wildman–Crippen LogP) is 2.04. The summed E-state index contributed by atoms with van der Waals surface area (Å²) in [4.78, 5) is 44.0. The van der Waals surface area contributed by atoms with Crippen LogP contribution in [-0.2, 0) is 17.3 Å². The van der Waals surface area contributed by atoms with Gasteiger partial charge in [-0.25, -0.2) is 0 Å². The number of nitrogens with two attached hydrogens (primary N) is 1. The molecule has 2 fully saturated rings. The van der Waals surface area contributed by atoms with Crippen LogP contribution < -0.4 is 15.8 Å². The van der Waals surface area contributed by atoms with Gasteiger partial charge in [-0.1, -0.05) is 26.8 Å². The number of amides is 3. The van der Waals surface area contributed by atoms with Crippen LogP contribution in [0.4, 0.5) is 0 Å². The molecule has 1 aliphatic carbocycles. The van der Waals surface area contributed by atoms with E-state index in [0.29, 0.717) is 17.0 Å². The molecule has 10 nitrogen and oxygen atoms in total. The summed E-state index contributed by atoms with van der Waals surface area (Å²) in [7, 11) is 3.25. The smallest absolute Gasteiger partial charge is 0.274 e. The fraction of sp³-hybridized carbons (Fsp3) is 0.556. The largest absolute Gasteiger partial charge is 0.497 e. The Bertz CT molecular complexity index is 1160. The molecule has 10 heteroatoms. The first-order valence-electron chi connectivity index (χ1n) is 12.9. The number of hydrogen-bond donors (Lipinski definition) is 2. The molecule has 3 N–H and O–H groups in total. The maximum absolute atomic E-state index is 13.8. The van der Waals surface area contributed by atoms with E-state index in [-0.39, 0.29) is 48.3 Å². The van der Waals surface area contributed by atoms with Crippen molar-refractivity contribution in [2.45, 2.75) is 70.1 Å². The van der Waals surface area contributed by atoms with Crippen molar-refractivity contribution in [3.8, 4) is 5.75 Å². The molecule has 0 spiro atoms. The highest BCUT2D eigenvalue weighted by atomic mass is 16.5. The highest BCUT2D eigenvalue weighted by Gasteiger charge is 2.44. The Balaban J connectivity index is 1.64. The van der Waals surface area contributed by atoms with Gasteiger partial charge in [0.15, 0.2) is 6.17 Å². The monoisotopic (exact) mass is 510 g/mol. The van der Waals surface area contributed by atoms with Crippen LogP contribution in [0.15, 0.2) is 30.3 Å². The summed E-state index contributed by atoms with van der Waals surface area (Å²) in [5.74, 6) is -0.486. The number of aryl methyl sites for hydroxylation is 1. The number of carbonyl (C=O) groups excluding carboxylic acids is 3. The second kappa shape index (κ2) is 10.5. The van der Waals surface area contributed by atoms with Gasteiger partial charge in [0.05, 0.1) is 12.8 Å². The molecule has 37 heavy (non-hydrogen) atoms. The van der Waals surface area contributed by atoms with E-state index in [0.717, 1.165) is 31.4 Å². The van der Waals surface area contributed by atoms with E-state index >= 15 is 0 Å². The molecule has 2 aromatic rings. The molecule has 0 radical (unpaired) electrons. The zero-order chi connectivity index (χ0) is 26.9. The van der Waals surface area contributed by atoms with Crippen LogP contribution in [0, 0.1) is 0 Å². The second-order valence-corrected chi connectivity index (χ2v) is 11.0. The van der Waals surface area contributed by atoms with Gasteiger partial charge in [0.2, 0.25) is 0 Å². The summed E-state index contributed by atoms with van der Waals surface area (Å²) in [5.41, 5.74) is 7.34. The fourth-order valence-electron chi connectivity index (χ4n) is 4.98. The number of ether oxygens (including phenoxy) is 1. The molecular formula is C27H38N6O4. The van der Waals surface area contributed by atoms with E-state index in [4.69, 9.17) is 10.5 Å². The molecule has 2 heterocycles. The van der Waals surface area contributed by atoms with Crippen LogP contribution in [0.5, 0.6) is 5.75 Å². The van der Waals surface area contributed by atoms with Crippen molar-refractivity contribution in [1.29, 1.82) is 0 Å². The third-order valence-corrected chi connectivity index (χ3v) is 7.23. The summed E-state index contributed by atoms with van der Waals surface area (Å²) in [6.45, 7) is 6.55. The van der Waals surface area contributed by atoms with E-state index < -0.39 is 6.17 Å². The van der Waals surface area contributed by atoms with Crippen molar-refractivity contribution in [2.24, 2.45) is 12.8 Å². The zero-order valence-electron chi connectivity index (χ0n) is 22.4. The SMILES string of the molecule is COc1cccc(C(=O)N2CCN(C(=O)c3cc(C(C)(C)C)nn3C)C2C(=O)NC2CCC(N)CC2)c1. The lowest BCUT2D eigenvalue weighted by Gasteiger charge is -2.32. The summed E-state index contributed by atoms with van der Waals surface area (Å²) in [6, 6.07) is 8.68. The normalized spacial score (nSPS) is 22.2. The van der Waals surface area contributed by atoms with E-state index in [2.05, 4.69) is 10.4 Å².